The van der Waals surface area contributed by atoms with E-state index in [9.17, 15) is 9.59 Å². The van der Waals surface area contributed by atoms with E-state index in [0.29, 0.717) is 11.1 Å². The summed E-state index contributed by atoms with van der Waals surface area (Å²) in [4.78, 5) is 23.7. The Morgan fingerprint density at radius 2 is 1.71 bits per heavy atom. The molecule has 0 radical (unpaired) electrons. The van der Waals surface area contributed by atoms with Crippen LogP contribution in [0.15, 0.2) is 73.3 Å². The smallest absolute Gasteiger partial charge is 0.337 e. The zero-order chi connectivity index (χ0) is 16.9. The molecular weight excluding hydrogens is 304 g/mol. The lowest BCUT2D eigenvalue weighted by Gasteiger charge is -2.00. The molecular formula is C19H17N2O3+. The highest BCUT2D eigenvalue weighted by Crippen LogP contribution is 2.10. The number of carbonyl (C=O) groups excluding carboxylic acids is 2. The Hall–Kier alpha value is -3.21. The summed E-state index contributed by atoms with van der Waals surface area (Å²) < 4.78 is 8.40. The normalized spacial score (nSPS) is 10.4. The van der Waals surface area contributed by atoms with E-state index in [2.05, 4.69) is 4.74 Å². The summed E-state index contributed by atoms with van der Waals surface area (Å²) in [7, 11) is 1.36. The minimum Gasteiger partial charge on any atom is -0.465 e. The first-order valence-corrected chi connectivity index (χ1v) is 7.51. The molecule has 0 fully saturated rings. The summed E-state index contributed by atoms with van der Waals surface area (Å²) in [5, 5.41) is 0. The van der Waals surface area contributed by atoms with Crippen molar-refractivity contribution in [2.24, 2.45) is 0 Å². The number of nitrogens with zero attached hydrogens (tertiary/aromatic N) is 2. The van der Waals surface area contributed by atoms with Crippen molar-refractivity contribution in [1.82, 2.24) is 4.57 Å². The van der Waals surface area contributed by atoms with E-state index in [4.69, 9.17) is 0 Å². The highest BCUT2D eigenvalue weighted by molar-refractivity contribution is 5.94. The molecule has 3 rings (SSSR count). The molecule has 120 valence electrons. The van der Waals surface area contributed by atoms with Gasteiger partial charge in [-0.3, -0.25) is 4.79 Å². The van der Waals surface area contributed by atoms with Gasteiger partial charge >= 0.3 is 5.97 Å². The molecule has 5 heteroatoms. The number of aromatic nitrogens is 2. The maximum Gasteiger partial charge on any atom is 0.337 e. The summed E-state index contributed by atoms with van der Waals surface area (Å²) in [5.41, 5.74) is 2.09. The summed E-state index contributed by atoms with van der Waals surface area (Å²) in [6.07, 6.45) is 5.55. The summed E-state index contributed by atoms with van der Waals surface area (Å²) in [6.45, 7) is 0.275. The Morgan fingerprint density at radius 3 is 2.38 bits per heavy atom. The molecule has 0 atom stereocenters. The minimum atomic E-state index is -0.363. The van der Waals surface area contributed by atoms with Gasteiger partial charge < -0.3 is 4.74 Å². The van der Waals surface area contributed by atoms with Crippen LogP contribution in [0.2, 0.25) is 0 Å². The number of hydrogen-bond donors (Lipinski definition) is 0. The molecule has 1 aromatic heterocycles. The highest BCUT2D eigenvalue weighted by Gasteiger charge is 2.13. The van der Waals surface area contributed by atoms with E-state index in [-0.39, 0.29) is 18.3 Å². The van der Waals surface area contributed by atoms with E-state index in [1.807, 2.05) is 70.3 Å². The van der Waals surface area contributed by atoms with Crippen LogP contribution in [0.25, 0.3) is 5.69 Å². The van der Waals surface area contributed by atoms with E-state index < -0.39 is 0 Å². The SMILES string of the molecule is COC(=O)c1ccc(-n2cc[n+](CC(=O)c3ccccc3)c2)cc1. The van der Waals surface area contributed by atoms with Crippen LogP contribution in [-0.2, 0) is 11.3 Å². The van der Waals surface area contributed by atoms with Crippen molar-refractivity contribution in [1.29, 1.82) is 0 Å². The van der Waals surface area contributed by atoms with Gasteiger partial charge in [0.05, 0.1) is 12.7 Å². The fraction of sp³-hybridized carbons (Fsp3) is 0.105. The third-order valence-electron chi connectivity index (χ3n) is 3.70. The average Bonchev–Trinajstić information content (AvgIpc) is 3.10. The number of hydrogen-bond acceptors (Lipinski definition) is 3. The quantitative estimate of drug-likeness (QED) is 0.412. The third-order valence-corrected chi connectivity index (χ3v) is 3.70. The first-order valence-electron chi connectivity index (χ1n) is 7.51. The fourth-order valence-electron chi connectivity index (χ4n) is 2.41. The summed E-state index contributed by atoms with van der Waals surface area (Å²) in [6, 6.07) is 16.3. The first-order chi connectivity index (χ1) is 11.7. The number of rotatable bonds is 5. The maximum atomic E-state index is 12.2. The van der Waals surface area contributed by atoms with Crippen LogP contribution >= 0.6 is 0 Å². The number of ketones is 1. The molecule has 0 aliphatic rings. The Kier molecular flexibility index (Phi) is 4.52. The average molecular weight is 321 g/mol. The number of carbonyl (C=O) groups is 2. The second-order valence-corrected chi connectivity index (χ2v) is 5.32. The van der Waals surface area contributed by atoms with Crippen LogP contribution in [0.1, 0.15) is 20.7 Å². The first kappa shape index (κ1) is 15.7. The van der Waals surface area contributed by atoms with Crippen LogP contribution in [0.3, 0.4) is 0 Å². The molecule has 0 aliphatic carbocycles. The van der Waals surface area contributed by atoms with Crippen molar-refractivity contribution >= 4 is 11.8 Å². The van der Waals surface area contributed by atoms with Crippen molar-refractivity contribution in [3.8, 4) is 5.69 Å². The number of methoxy groups -OCH3 is 1. The van der Waals surface area contributed by atoms with E-state index >= 15 is 0 Å². The molecule has 0 bridgehead atoms. The van der Waals surface area contributed by atoms with E-state index in [0.717, 1.165) is 5.69 Å². The van der Waals surface area contributed by atoms with Crippen molar-refractivity contribution in [3.63, 3.8) is 0 Å². The van der Waals surface area contributed by atoms with E-state index in [1.54, 1.807) is 12.1 Å². The number of Topliss-reactive ketones (excluding diaryl/α,β-unsaturated/α-hetero) is 1. The van der Waals surface area contributed by atoms with Crippen molar-refractivity contribution in [2.75, 3.05) is 7.11 Å². The molecule has 0 spiro atoms. The molecule has 0 amide bonds. The summed E-state index contributed by atoms with van der Waals surface area (Å²) >= 11 is 0. The maximum absolute atomic E-state index is 12.2. The number of esters is 1. The Morgan fingerprint density at radius 1 is 1.00 bits per heavy atom. The number of benzene rings is 2. The Balaban J connectivity index is 1.73. The van der Waals surface area contributed by atoms with Crippen molar-refractivity contribution < 1.29 is 18.9 Å². The van der Waals surface area contributed by atoms with Crippen LogP contribution in [0.4, 0.5) is 0 Å². The van der Waals surface area contributed by atoms with Gasteiger partial charge in [-0.25, -0.2) is 13.9 Å². The van der Waals surface area contributed by atoms with Gasteiger partial charge in [0, 0.05) is 5.56 Å². The molecule has 0 saturated heterocycles. The lowest BCUT2D eigenvalue weighted by Crippen LogP contribution is -2.35. The van der Waals surface area contributed by atoms with Crippen molar-refractivity contribution in [3.05, 3.63) is 84.4 Å². The molecule has 0 unspecified atom stereocenters. The van der Waals surface area contributed by atoms with Crippen LogP contribution in [-0.4, -0.2) is 23.4 Å². The molecule has 5 nitrogen and oxygen atoms in total. The van der Waals surface area contributed by atoms with Gasteiger partial charge in [-0.15, -0.1) is 0 Å². The lowest BCUT2D eigenvalue weighted by atomic mass is 10.1. The standard InChI is InChI=1S/C19H17N2O3/c1-24-19(23)16-7-9-17(10-8-16)21-12-11-20(14-21)13-18(22)15-5-3-2-4-6-15/h2-12,14H,13H2,1H3/q+1. The van der Waals surface area contributed by atoms with Gasteiger partial charge in [-0.1, -0.05) is 30.3 Å². The zero-order valence-corrected chi connectivity index (χ0v) is 13.3. The Labute approximate surface area is 139 Å². The van der Waals surface area contributed by atoms with Gasteiger partial charge in [0.25, 0.3) is 0 Å². The van der Waals surface area contributed by atoms with E-state index in [1.165, 1.54) is 7.11 Å². The van der Waals surface area contributed by atoms with Gasteiger partial charge in [-0.05, 0) is 24.3 Å². The molecule has 0 N–H and O–H groups in total. The molecule has 3 aromatic rings. The zero-order valence-electron chi connectivity index (χ0n) is 13.3. The summed E-state index contributed by atoms with van der Waals surface area (Å²) in [5.74, 6) is -0.308. The fourth-order valence-corrected chi connectivity index (χ4v) is 2.41. The monoisotopic (exact) mass is 321 g/mol. The van der Waals surface area contributed by atoms with Gasteiger partial charge in [0.1, 0.15) is 18.1 Å². The van der Waals surface area contributed by atoms with Crippen LogP contribution < -0.4 is 4.57 Å². The molecule has 1 heterocycles. The van der Waals surface area contributed by atoms with Crippen LogP contribution in [0, 0.1) is 0 Å². The predicted octanol–water partition coefficient (Wildman–Crippen LogP) is 2.43. The molecule has 2 aromatic carbocycles. The van der Waals surface area contributed by atoms with Gasteiger partial charge in [0.15, 0.2) is 6.54 Å². The second-order valence-electron chi connectivity index (χ2n) is 5.32. The number of imidazole rings is 1. The molecule has 24 heavy (non-hydrogen) atoms. The molecule has 0 saturated carbocycles. The minimum absolute atomic E-state index is 0.0550. The lowest BCUT2D eigenvalue weighted by molar-refractivity contribution is -0.682. The van der Waals surface area contributed by atoms with Gasteiger partial charge in [-0.2, -0.15) is 0 Å². The van der Waals surface area contributed by atoms with Gasteiger partial charge in [0.2, 0.25) is 12.1 Å². The topological polar surface area (TPSA) is 52.2 Å². The number of ether oxygens (including phenoxy) is 1. The second kappa shape index (κ2) is 6.91. The van der Waals surface area contributed by atoms with Crippen molar-refractivity contribution in [2.45, 2.75) is 6.54 Å². The predicted molar refractivity (Wildman–Crippen MR) is 88.1 cm³/mol. The largest absolute Gasteiger partial charge is 0.465 e. The Bertz CT molecular complexity index is 852. The molecule has 0 aliphatic heterocycles. The highest BCUT2D eigenvalue weighted by atomic mass is 16.5. The third kappa shape index (κ3) is 3.41. The van der Waals surface area contributed by atoms with Crippen LogP contribution in [0.5, 0.6) is 0 Å².